The predicted octanol–water partition coefficient (Wildman–Crippen LogP) is 1.54. The molecule has 0 aromatic heterocycles. The monoisotopic (exact) mass is 230 g/mol. The Morgan fingerprint density at radius 3 is 2.19 bits per heavy atom. The first-order valence-electron chi connectivity index (χ1n) is 5.70. The Labute approximate surface area is 96.8 Å². The van der Waals surface area contributed by atoms with Crippen LogP contribution in [0.4, 0.5) is 4.79 Å². The smallest absolute Gasteiger partial charge is 0.326 e. The standard InChI is InChI=1S/C11H22N2O3/c1-5-9(10(14)15)12-11(16)13(6-2)7-8(3)4/h8-9H,5-7H2,1-4H3,(H,12,16)(H,14,15)/t9-/m1/s1. The molecule has 5 nitrogen and oxygen atoms in total. The van der Waals surface area contributed by atoms with E-state index in [0.717, 1.165) is 0 Å². The molecule has 0 radical (unpaired) electrons. The summed E-state index contributed by atoms with van der Waals surface area (Å²) in [5.41, 5.74) is 0. The average Bonchev–Trinajstić information content (AvgIpc) is 2.21. The van der Waals surface area contributed by atoms with Crippen LogP contribution in [0.2, 0.25) is 0 Å². The van der Waals surface area contributed by atoms with E-state index in [-0.39, 0.29) is 6.03 Å². The summed E-state index contributed by atoms with van der Waals surface area (Å²) in [7, 11) is 0. The van der Waals surface area contributed by atoms with Crippen LogP contribution in [-0.4, -0.2) is 41.1 Å². The van der Waals surface area contributed by atoms with Gasteiger partial charge in [-0.2, -0.15) is 0 Å². The molecule has 5 heteroatoms. The zero-order valence-corrected chi connectivity index (χ0v) is 10.5. The number of hydrogen-bond acceptors (Lipinski definition) is 2. The van der Waals surface area contributed by atoms with E-state index in [9.17, 15) is 9.59 Å². The van der Waals surface area contributed by atoms with Crippen LogP contribution in [0.15, 0.2) is 0 Å². The Kier molecular flexibility index (Phi) is 6.53. The fourth-order valence-electron chi connectivity index (χ4n) is 1.38. The fraction of sp³-hybridized carbons (Fsp3) is 0.818. The van der Waals surface area contributed by atoms with Crippen LogP contribution < -0.4 is 5.32 Å². The summed E-state index contributed by atoms with van der Waals surface area (Å²) in [6, 6.07) is -1.10. The third-order valence-electron chi connectivity index (χ3n) is 2.26. The summed E-state index contributed by atoms with van der Waals surface area (Å²) in [5, 5.41) is 11.3. The molecule has 0 aliphatic heterocycles. The van der Waals surface area contributed by atoms with Crippen molar-refractivity contribution in [1.29, 1.82) is 0 Å². The number of carbonyl (C=O) groups excluding carboxylic acids is 1. The van der Waals surface area contributed by atoms with Gasteiger partial charge in [0.05, 0.1) is 0 Å². The topological polar surface area (TPSA) is 69.6 Å². The molecule has 0 saturated carbocycles. The highest BCUT2D eigenvalue weighted by Gasteiger charge is 2.20. The molecular weight excluding hydrogens is 208 g/mol. The fourth-order valence-corrected chi connectivity index (χ4v) is 1.38. The molecule has 0 rings (SSSR count). The molecule has 0 spiro atoms. The molecule has 0 saturated heterocycles. The van der Waals surface area contributed by atoms with Gasteiger partial charge in [0.1, 0.15) is 6.04 Å². The molecule has 2 N–H and O–H groups in total. The van der Waals surface area contributed by atoms with Gasteiger partial charge in [0.15, 0.2) is 0 Å². The number of amides is 2. The van der Waals surface area contributed by atoms with Crippen LogP contribution in [0.1, 0.15) is 34.1 Å². The maximum Gasteiger partial charge on any atom is 0.326 e. The zero-order valence-electron chi connectivity index (χ0n) is 10.5. The largest absolute Gasteiger partial charge is 0.480 e. The van der Waals surface area contributed by atoms with E-state index in [1.54, 1.807) is 11.8 Å². The normalized spacial score (nSPS) is 12.3. The quantitative estimate of drug-likeness (QED) is 0.727. The first-order valence-corrected chi connectivity index (χ1v) is 5.70. The van der Waals surface area contributed by atoms with Gasteiger partial charge >= 0.3 is 12.0 Å². The van der Waals surface area contributed by atoms with Crippen molar-refractivity contribution in [2.24, 2.45) is 5.92 Å². The molecule has 1 atom stereocenters. The molecule has 0 aromatic carbocycles. The number of nitrogens with zero attached hydrogens (tertiary/aromatic N) is 1. The maximum atomic E-state index is 11.7. The number of nitrogens with one attached hydrogen (secondary N) is 1. The van der Waals surface area contributed by atoms with Gasteiger partial charge in [-0.1, -0.05) is 20.8 Å². The molecule has 0 bridgehead atoms. The van der Waals surface area contributed by atoms with Crippen LogP contribution in [-0.2, 0) is 4.79 Å². The Morgan fingerprint density at radius 2 is 1.88 bits per heavy atom. The molecule has 0 aromatic rings. The number of aliphatic carboxylic acids is 1. The molecule has 0 aliphatic rings. The van der Waals surface area contributed by atoms with Crippen LogP contribution >= 0.6 is 0 Å². The molecule has 0 fully saturated rings. The summed E-state index contributed by atoms with van der Waals surface area (Å²) in [6.45, 7) is 8.87. The summed E-state index contributed by atoms with van der Waals surface area (Å²) in [6.07, 6.45) is 0.389. The minimum Gasteiger partial charge on any atom is -0.480 e. The SMILES string of the molecule is CC[C@@H](NC(=O)N(CC)CC(C)C)C(=O)O. The van der Waals surface area contributed by atoms with E-state index < -0.39 is 12.0 Å². The Hall–Kier alpha value is -1.26. The third-order valence-corrected chi connectivity index (χ3v) is 2.26. The van der Waals surface area contributed by atoms with Crippen LogP contribution in [0, 0.1) is 5.92 Å². The number of hydrogen-bond donors (Lipinski definition) is 2. The number of carboxylic acids is 1. The van der Waals surface area contributed by atoms with Crippen molar-refractivity contribution in [3.8, 4) is 0 Å². The van der Waals surface area contributed by atoms with Crippen molar-refractivity contribution in [2.45, 2.75) is 40.2 Å². The summed E-state index contributed by atoms with van der Waals surface area (Å²) in [4.78, 5) is 24.1. The van der Waals surface area contributed by atoms with Gasteiger partial charge in [-0.15, -0.1) is 0 Å². The lowest BCUT2D eigenvalue weighted by atomic mass is 10.2. The first kappa shape index (κ1) is 14.7. The summed E-state index contributed by atoms with van der Waals surface area (Å²) < 4.78 is 0. The summed E-state index contributed by atoms with van der Waals surface area (Å²) in [5.74, 6) is -0.618. The van der Waals surface area contributed by atoms with Crippen molar-refractivity contribution in [1.82, 2.24) is 10.2 Å². The van der Waals surface area contributed by atoms with E-state index in [1.807, 2.05) is 20.8 Å². The predicted molar refractivity (Wildman–Crippen MR) is 62.3 cm³/mol. The van der Waals surface area contributed by atoms with Crippen LogP contribution in [0.5, 0.6) is 0 Å². The highest BCUT2D eigenvalue weighted by molar-refractivity contribution is 5.82. The van der Waals surface area contributed by atoms with Crippen LogP contribution in [0.3, 0.4) is 0 Å². The van der Waals surface area contributed by atoms with Crippen molar-refractivity contribution in [3.05, 3.63) is 0 Å². The molecule has 0 aliphatic carbocycles. The second-order valence-electron chi connectivity index (χ2n) is 4.18. The van der Waals surface area contributed by atoms with E-state index in [2.05, 4.69) is 5.32 Å². The zero-order chi connectivity index (χ0) is 12.7. The van der Waals surface area contributed by atoms with Gasteiger partial charge in [-0.05, 0) is 19.3 Å². The number of carboxylic acid groups (broad SMARTS) is 1. The molecule has 94 valence electrons. The number of urea groups is 1. The van der Waals surface area contributed by atoms with Crippen LogP contribution in [0.25, 0.3) is 0 Å². The second-order valence-corrected chi connectivity index (χ2v) is 4.18. The lowest BCUT2D eigenvalue weighted by Gasteiger charge is -2.25. The van der Waals surface area contributed by atoms with Gasteiger partial charge < -0.3 is 15.3 Å². The third kappa shape index (κ3) is 5.00. The van der Waals surface area contributed by atoms with Gasteiger partial charge in [0, 0.05) is 13.1 Å². The van der Waals surface area contributed by atoms with Gasteiger partial charge in [-0.3, -0.25) is 0 Å². The summed E-state index contributed by atoms with van der Waals surface area (Å²) >= 11 is 0. The van der Waals surface area contributed by atoms with Crippen molar-refractivity contribution >= 4 is 12.0 Å². The number of rotatable bonds is 6. The lowest BCUT2D eigenvalue weighted by molar-refractivity contribution is -0.139. The Morgan fingerprint density at radius 1 is 1.31 bits per heavy atom. The Bertz CT molecular complexity index is 241. The molecule has 2 amide bonds. The van der Waals surface area contributed by atoms with Gasteiger partial charge in [0.25, 0.3) is 0 Å². The minimum absolute atomic E-state index is 0.301. The molecule has 0 heterocycles. The highest BCUT2D eigenvalue weighted by atomic mass is 16.4. The number of carbonyl (C=O) groups is 2. The van der Waals surface area contributed by atoms with E-state index >= 15 is 0 Å². The lowest BCUT2D eigenvalue weighted by Crippen LogP contribution is -2.48. The molecule has 0 unspecified atom stereocenters. The highest BCUT2D eigenvalue weighted by Crippen LogP contribution is 2.00. The van der Waals surface area contributed by atoms with E-state index in [4.69, 9.17) is 5.11 Å². The van der Waals surface area contributed by atoms with E-state index in [0.29, 0.717) is 25.4 Å². The van der Waals surface area contributed by atoms with Crippen molar-refractivity contribution < 1.29 is 14.7 Å². The van der Waals surface area contributed by atoms with Gasteiger partial charge in [-0.25, -0.2) is 9.59 Å². The second kappa shape index (κ2) is 7.09. The first-order chi connectivity index (χ1) is 7.42. The minimum atomic E-state index is -0.989. The average molecular weight is 230 g/mol. The Balaban J connectivity index is 4.34. The molecule has 16 heavy (non-hydrogen) atoms. The van der Waals surface area contributed by atoms with Crippen molar-refractivity contribution in [2.75, 3.05) is 13.1 Å². The molecular formula is C11H22N2O3. The van der Waals surface area contributed by atoms with E-state index in [1.165, 1.54) is 0 Å². The van der Waals surface area contributed by atoms with Gasteiger partial charge in [0.2, 0.25) is 0 Å². The van der Waals surface area contributed by atoms with Crippen molar-refractivity contribution in [3.63, 3.8) is 0 Å². The maximum absolute atomic E-state index is 11.7.